The highest BCUT2D eigenvalue weighted by Crippen LogP contribution is 2.44. The quantitative estimate of drug-likeness (QED) is 0.552. The maximum Gasteiger partial charge on any atom is 0.332 e. The minimum atomic E-state index is -0.691. The Morgan fingerprint density at radius 1 is 1.00 bits per heavy atom. The smallest absolute Gasteiger partial charge is 0.332 e. The molecular weight excluding hydrogens is 398 g/mol. The number of non-ortho nitro benzene ring substituents is 1. The van der Waals surface area contributed by atoms with Crippen LogP contribution in [0.5, 0.6) is 0 Å². The van der Waals surface area contributed by atoms with Crippen LogP contribution in [-0.4, -0.2) is 40.0 Å². The molecule has 2 heterocycles. The van der Waals surface area contributed by atoms with E-state index >= 15 is 0 Å². The van der Waals surface area contributed by atoms with E-state index in [9.17, 15) is 19.7 Å². The fourth-order valence-corrected chi connectivity index (χ4v) is 5.16. The van der Waals surface area contributed by atoms with E-state index in [4.69, 9.17) is 4.74 Å². The van der Waals surface area contributed by atoms with Crippen LogP contribution in [0.15, 0.2) is 54.6 Å². The van der Waals surface area contributed by atoms with Crippen molar-refractivity contribution in [3.8, 4) is 0 Å². The Morgan fingerprint density at radius 2 is 1.71 bits per heavy atom. The Balaban J connectivity index is 1.51. The number of urea groups is 1. The molecule has 2 aromatic rings. The molecule has 8 heteroatoms. The van der Waals surface area contributed by atoms with Gasteiger partial charge < -0.3 is 9.64 Å². The summed E-state index contributed by atoms with van der Waals surface area (Å²) in [6.45, 7) is 0.265. The number of amides is 3. The lowest BCUT2D eigenvalue weighted by Crippen LogP contribution is -2.64. The van der Waals surface area contributed by atoms with E-state index in [2.05, 4.69) is 0 Å². The summed E-state index contributed by atoms with van der Waals surface area (Å²) in [6.07, 6.45) is 3.24. The molecule has 3 fully saturated rings. The first kappa shape index (κ1) is 19.7. The summed E-state index contributed by atoms with van der Waals surface area (Å²) in [5.41, 5.74) is 1.30. The van der Waals surface area contributed by atoms with Gasteiger partial charge in [-0.15, -0.1) is 0 Å². The number of carbonyl (C=O) groups excluding carboxylic acids is 2. The van der Waals surface area contributed by atoms with Crippen molar-refractivity contribution >= 4 is 23.3 Å². The zero-order valence-corrected chi connectivity index (χ0v) is 16.9. The molecule has 1 saturated carbocycles. The average Bonchev–Trinajstić information content (AvgIpc) is 3.18. The third-order valence-electron chi connectivity index (χ3n) is 6.60. The van der Waals surface area contributed by atoms with E-state index in [1.54, 1.807) is 41.3 Å². The molecule has 0 bridgehead atoms. The summed E-state index contributed by atoms with van der Waals surface area (Å²) in [7, 11) is 0. The van der Waals surface area contributed by atoms with E-state index < -0.39 is 11.0 Å². The van der Waals surface area contributed by atoms with Crippen LogP contribution in [0.2, 0.25) is 0 Å². The summed E-state index contributed by atoms with van der Waals surface area (Å²) < 4.78 is 6.23. The second kappa shape index (κ2) is 7.77. The number of anilines is 1. The normalized spacial score (nSPS) is 27.7. The molecule has 0 spiro atoms. The van der Waals surface area contributed by atoms with E-state index in [0.717, 1.165) is 31.2 Å². The Labute approximate surface area is 179 Å². The Morgan fingerprint density at radius 3 is 2.42 bits per heavy atom. The zero-order chi connectivity index (χ0) is 21.5. The first-order valence-corrected chi connectivity index (χ1v) is 10.6. The van der Waals surface area contributed by atoms with Crippen LogP contribution in [0.3, 0.4) is 0 Å². The molecule has 1 aliphatic carbocycles. The molecule has 0 N–H and O–H groups in total. The van der Waals surface area contributed by atoms with E-state index in [-0.39, 0.29) is 42.2 Å². The minimum Gasteiger partial charge on any atom is -0.363 e. The summed E-state index contributed by atoms with van der Waals surface area (Å²) in [6, 6.07) is 14.4. The SMILES string of the molecule is O=C1C2OC3CCCCC3C2N(Cc2ccc([N+](=O)[O-])cc2)C(=O)N1c1ccccc1. The molecular formula is C23H23N3O5. The van der Waals surface area contributed by atoms with Crippen molar-refractivity contribution in [3.05, 3.63) is 70.3 Å². The summed E-state index contributed by atoms with van der Waals surface area (Å²) in [4.78, 5) is 40.4. The van der Waals surface area contributed by atoms with Gasteiger partial charge in [0.25, 0.3) is 11.6 Å². The van der Waals surface area contributed by atoms with Crippen molar-refractivity contribution in [3.63, 3.8) is 0 Å². The lowest BCUT2D eigenvalue weighted by molar-refractivity contribution is -0.384. The molecule has 4 atom stereocenters. The number of ether oxygens (including phenoxy) is 1. The van der Waals surface area contributed by atoms with Gasteiger partial charge in [0, 0.05) is 24.6 Å². The second-order valence-corrected chi connectivity index (χ2v) is 8.38. The van der Waals surface area contributed by atoms with Crippen LogP contribution < -0.4 is 4.90 Å². The second-order valence-electron chi connectivity index (χ2n) is 8.38. The molecule has 31 heavy (non-hydrogen) atoms. The predicted octanol–water partition coefficient (Wildman–Crippen LogP) is 3.89. The van der Waals surface area contributed by atoms with Crippen molar-refractivity contribution in [1.82, 2.24) is 4.90 Å². The fraction of sp³-hybridized carbons (Fsp3) is 0.391. The van der Waals surface area contributed by atoms with Crippen LogP contribution >= 0.6 is 0 Å². The standard InChI is InChI=1S/C23H23N3O5/c27-22-21-20(18-8-4-5-9-19(18)31-21)24(14-15-10-12-17(13-11-15)26(29)30)23(28)25(22)16-6-2-1-3-7-16/h1-3,6-7,10-13,18-21H,4-5,8-9,14H2. The highest BCUT2D eigenvalue weighted by molar-refractivity contribution is 6.18. The van der Waals surface area contributed by atoms with Crippen molar-refractivity contribution in [2.45, 2.75) is 50.5 Å². The van der Waals surface area contributed by atoms with Crippen LogP contribution in [0.1, 0.15) is 31.2 Å². The predicted molar refractivity (Wildman–Crippen MR) is 112 cm³/mol. The number of nitro benzene ring substituents is 1. The molecule has 0 radical (unpaired) electrons. The van der Waals surface area contributed by atoms with Gasteiger partial charge in [0.15, 0.2) is 6.10 Å². The number of para-hydroxylation sites is 1. The van der Waals surface area contributed by atoms with Crippen molar-refractivity contribution < 1.29 is 19.2 Å². The van der Waals surface area contributed by atoms with Crippen molar-refractivity contribution in [2.75, 3.05) is 4.90 Å². The summed E-state index contributed by atoms with van der Waals surface area (Å²) in [5, 5.41) is 11.0. The lowest BCUT2D eigenvalue weighted by Gasteiger charge is -2.43. The largest absolute Gasteiger partial charge is 0.363 e. The molecule has 3 aliphatic rings. The fourth-order valence-electron chi connectivity index (χ4n) is 5.16. The molecule has 2 aromatic carbocycles. The first-order valence-electron chi connectivity index (χ1n) is 10.6. The van der Waals surface area contributed by atoms with Crippen molar-refractivity contribution in [1.29, 1.82) is 0 Å². The molecule has 8 nitrogen and oxygen atoms in total. The van der Waals surface area contributed by atoms with Crippen LogP contribution in [0.25, 0.3) is 0 Å². The minimum absolute atomic E-state index is 0.00392. The Kier molecular flexibility index (Phi) is 4.94. The van der Waals surface area contributed by atoms with Gasteiger partial charge in [-0.3, -0.25) is 14.9 Å². The van der Waals surface area contributed by atoms with Gasteiger partial charge in [0.1, 0.15) is 0 Å². The Hall–Kier alpha value is -3.26. The first-order chi connectivity index (χ1) is 15.0. The lowest BCUT2D eigenvalue weighted by atomic mass is 9.80. The zero-order valence-electron chi connectivity index (χ0n) is 16.9. The maximum atomic E-state index is 13.6. The monoisotopic (exact) mass is 421 g/mol. The number of fused-ring (bicyclic) bond motifs is 3. The molecule has 160 valence electrons. The molecule has 3 amide bonds. The number of benzene rings is 2. The van der Waals surface area contributed by atoms with Gasteiger partial charge in [-0.2, -0.15) is 0 Å². The Bertz CT molecular complexity index is 1010. The van der Waals surface area contributed by atoms with Gasteiger partial charge in [-0.1, -0.05) is 43.2 Å². The van der Waals surface area contributed by atoms with Gasteiger partial charge in [0.2, 0.25) is 0 Å². The third-order valence-corrected chi connectivity index (χ3v) is 6.60. The average molecular weight is 421 g/mol. The molecule has 2 aliphatic heterocycles. The van der Waals surface area contributed by atoms with E-state index in [1.807, 2.05) is 6.07 Å². The van der Waals surface area contributed by atoms with Gasteiger partial charge >= 0.3 is 6.03 Å². The molecule has 5 rings (SSSR count). The number of nitro groups is 1. The molecule has 4 unspecified atom stereocenters. The topological polar surface area (TPSA) is 93.0 Å². The summed E-state index contributed by atoms with van der Waals surface area (Å²) >= 11 is 0. The number of carbonyl (C=O) groups is 2. The molecule has 2 saturated heterocycles. The van der Waals surface area contributed by atoms with Crippen LogP contribution in [0.4, 0.5) is 16.2 Å². The number of nitrogens with zero attached hydrogens (tertiary/aromatic N) is 3. The third kappa shape index (κ3) is 3.37. The number of hydrogen-bond acceptors (Lipinski definition) is 5. The van der Waals surface area contributed by atoms with Crippen LogP contribution in [-0.2, 0) is 16.1 Å². The molecule has 0 aromatic heterocycles. The highest BCUT2D eigenvalue weighted by atomic mass is 16.6. The highest BCUT2D eigenvalue weighted by Gasteiger charge is 2.57. The maximum absolute atomic E-state index is 13.6. The van der Waals surface area contributed by atoms with Gasteiger partial charge in [-0.05, 0) is 30.5 Å². The van der Waals surface area contributed by atoms with E-state index in [0.29, 0.717) is 5.69 Å². The summed E-state index contributed by atoms with van der Waals surface area (Å²) in [5.74, 6) is -0.182. The number of imide groups is 1. The number of rotatable bonds is 4. The van der Waals surface area contributed by atoms with Gasteiger partial charge in [-0.25, -0.2) is 9.69 Å². The van der Waals surface area contributed by atoms with Crippen LogP contribution in [0, 0.1) is 16.0 Å². The van der Waals surface area contributed by atoms with Crippen molar-refractivity contribution in [2.24, 2.45) is 5.92 Å². The van der Waals surface area contributed by atoms with Gasteiger partial charge in [0.05, 0.1) is 22.8 Å². The van der Waals surface area contributed by atoms with E-state index in [1.165, 1.54) is 17.0 Å². The number of hydrogen-bond donors (Lipinski definition) is 0.